The second-order valence-corrected chi connectivity index (χ2v) is 4.78. The molecule has 0 radical (unpaired) electrons. The van der Waals surface area contributed by atoms with Crippen LogP contribution in [-0.4, -0.2) is 19.4 Å². The summed E-state index contributed by atoms with van der Waals surface area (Å²) in [5.41, 5.74) is 2.91. The summed E-state index contributed by atoms with van der Waals surface area (Å²) in [6.45, 7) is 8.56. The van der Waals surface area contributed by atoms with E-state index in [0.29, 0.717) is 12.0 Å². The van der Waals surface area contributed by atoms with Gasteiger partial charge in [-0.3, -0.25) is 4.79 Å². The molecule has 16 heavy (non-hydrogen) atoms. The van der Waals surface area contributed by atoms with Crippen LogP contribution < -0.4 is 4.90 Å². The minimum absolute atomic E-state index is 0.418. The van der Waals surface area contributed by atoms with Crippen LogP contribution in [0.1, 0.15) is 36.7 Å². The van der Waals surface area contributed by atoms with Gasteiger partial charge in [0.15, 0.2) is 6.29 Å². The molecule has 0 saturated carbocycles. The van der Waals surface area contributed by atoms with E-state index in [-0.39, 0.29) is 0 Å². The van der Waals surface area contributed by atoms with E-state index in [1.165, 1.54) is 0 Å². The van der Waals surface area contributed by atoms with Crippen molar-refractivity contribution in [3.05, 3.63) is 29.3 Å². The molecule has 0 bridgehead atoms. The SMILES string of the molecule is Cc1ccc(N(C)C(C)C(C)C)c(C=O)c1. The van der Waals surface area contributed by atoms with Gasteiger partial charge in [0.05, 0.1) is 0 Å². The summed E-state index contributed by atoms with van der Waals surface area (Å²) in [7, 11) is 2.04. The second-order valence-electron chi connectivity index (χ2n) is 4.78. The van der Waals surface area contributed by atoms with E-state index < -0.39 is 0 Å². The summed E-state index contributed by atoms with van der Waals surface area (Å²) in [6, 6.07) is 6.43. The average Bonchev–Trinajstić information content (AvgIpc) is 2.26. The Morgan fingerprint density at radius 3 is 2.38 bits per heavy atom. The molecule has 0 aliphatic carbocycles. The standard InChI is InChI=1S/C14H21NO/c1-10(2)12(4)15(5)14-7-6-11(3)8-13(14)9-16/h6-10,12H,1-5H3. The molecule has 1 aromatic rings. The molecule has 0 fully saturated rings. The quantitative estimate of drug-likeness (QED) is 0.724. The zero-order valence-corrected chi connectivity index (χ0v) is 10.8. The number of hydrogen-bond acceptors (Lipinski definition) is 2. The van der Waals surface area contributed by atoms with Crippen LogP contribution in [0.4, 0.5) is 5.69 Å². The summed E-state index contributed by atoms with van der Waals surface area (Å²) in [5.74, 6) is 0.561. The molecule has 0 N–H and O–H groups in total. The fourth-order valence-electron chi connectivity index (χ4n) is 1.76. The van der Waals surface area contributed by atoms with E-state index in [0.717, 1.165) is 23.1 Å². The Hall–Kier alpha value is -1.31. The van der Waals surface area contributed by atoms with Crippen LogP contribution in [0.15, 0.2) is 18.2 Å². The fraction of sp³-hybridized carbons (Fsp3) is 0.500. The lowest BCUT2D eigenvalue weighted by molar-refractivity contribution is 0.112. The molecule has 0 saturated heterocycles. The molecule has 0 amide bonds. The third kappa shape index (κ3) is 2.63. The Morgan fingerprint density at radius 1 is 1.25 bits per heavy atom. The molecule has 2 heteroatoms. The van der Waals surface area contributed by atoms with Gasteiger partial charge in [-0.15, -0.1) is 0 Å². The number of carbonyl (C=O) groups excluding carboxylic acids is 1. The van der Waals surface area contributed by atoms with Crippen molar-refractivity contribution in [2.75, 3.05) is 11.9 Å². The van der Waals surface area contributed by atoms with Crippen molar-refractivity contribution in [1.29, 1.82) is 0 Å². The van der Waals surface area contributed by atoms with Crippen LogP contribution in [0.3, 0.4) is 0 Å². The molecule has 0 aliphatic heterocycles. The highest BCUT2D eigenvalue weighted by Gasteiger charge is 2.16. The van der Waals surface area contributed by atoms with Crippen LogP contribution in [0.2, 0.25) is 0 Å². The Morgan fingerprint density at radius 2 is 1.88 bits per heavy atom. The largest absolute Gasteiger partial charge is 0.371 e. The molecule has 0 spiro atoms. The first-order valence-corrected chi connectivity index (χ1v) is 5.76. The van der Waals surface area contributed by atoms with Crippen molar-refractivity contribution >= 4 is 12.0 Å². The molecular formula is C14H21NO. The van der Waals surface area contributed by atoms with Gasteiger partial charge in [0, 0.05) is 24.3 Å². The van der Waals surface area contributed by atoms with Crippen molar-refractivity contribution < 1.29 is 4.79 Å². The van der Waals surface area contributed by atoms with E-state index in [2.05, 4.69) is 25.7 Å². The van der Waals surface area contributed by atoms with Gasteiger partial charge in [0.25, 0.3) is 0 Å². The molecule has 1 rings (SSSR count). The lowest BCUT2D eigenvalue weighted by Crippen LogP contribution is -2.33. The van der Waals surface area contributed by atoms with Crippen molar-refractivity contribution in [2.24, 2.45) is 5.92 Å². The minimum Gasteiger partial charge on any atom is -0.371 e. The number of hydrogen-bond donors (Lipinski definition) is 0. The number of nitrogens with zero attached hydrogens (tertiary/aromatic N) is 1. The Bertz CT molecular complexity index is 371. The summed E-state index contributed by atoms with van der Waals surface area (Å²) in [6.07, 6.45) is 0.936. The molecule has 1 atom stereocenters. The number of aryl methyl sites for hydroxylation is 1. The van der Waals surface area contributed by atoms with Gasteiger partial charge < -0.3 is 4.90 Å². The molecule has 1 unspecified atom stereocenters. The predicted molar refractivity (Wildman–Crippen MR) is 69.3 cm³/mol. The Balaban J connectivity index is 3.07. The van der Waals surface area contributed by atoms with E-state index in [4.69, 9.17) is 0 Å². The number of aldehydes is 1. The molecule has 1 aromatic carbocycles. The van der Waals surface area contributed by atoms with Crippen LogP contribution in [0, 0.1) is 12.8 Å². The highest BCUT2D eigenvalue weighted by molar-refractivity contribution is 5.85. The van der Waals surface area contributed by atoms with Crippen LogP contribution in [0.5, 0.6) is 0 Å². The van der Waals surface area contributed by atoms with Gasteiger partial charge in [0.1, 0.15) is 0 Å². The monoisotopic (exact) mass is 219 g/mol. The normalized spacial score (nSPS) is 12.6. The van der Waals surface area contributed by atoms with Crippen LogP contribution >= 0.6 is 0 Å². The summed E-state index contributed by atoms with van der Waals surface area (Å²) in [4.78, 5) is 13.2. The van der Waals surface area contributed by atoms with Crippen molar-refractivity contribution in [3.8, 4) is 0 Å². The second kappa shape index (κ2) is 5.15. The van der Waals surface area contributed by atoms with E-state index >= 15 is 0 Å². The highest BCUT2D eigenvalue weighted by atomic mass is 16.1. The van der Waals surface area contributed by atoms with Crippen molar-refractivity contribution in [3.63, 3.8) is 0 Å². The number of rotatable bonds is 4. The van der Waals surface area contributed by atoms with E-state index in [1.54, 1.807) is 0 Å². The predicted octanol–water partition coefficient (Wildman–Crippen LogP) is 3.29. The zero-order valence-electron chi connectivity index (χ0n) is 10.8. The molecule has 0 aromatic heterocycles. The highest BCUT2D eigenvalue weighted by Crippen LogP contribution is 2.23. The lowest BCUT2D eigenvalue weighted by atomic mass is 10.0. The van der Waals surface area contributed by atoms with Gasteiger partial charge in [0.2, 0.25) is 0 Å². The Labute approximate surface area is 98.3 Å². The first kappa shape index (κ1) is 12.8. The minimum atomic E-state index is 0.418. The fourth-order valence-corrected chi connectivity index (χ4v) is 1.76. The first-order valence-electron chi connectivity index (χ1n) is 5.76. The van der Waals surface area contributed by atoms with Crippen molar-refractivity contribution in [2.45, 2.75) is 33.7 Å². The van der Waals surface area contributed by atoms with Gasteiger partial charge in [-0.1, -0.05) is 25.5 Å². The van der Waals surface area contributed by atoms with Gasteiger partial charge in [-0.25, -0.2) is 0 Å². The smallest absolute Gasteiger partial charge is 0.152 e. The molecule has 88 valence electrons. The molecule has 0 heterocycles. The maximum Gasteiger partial charge on any atom is 0.152 e. The topological polar surface area (TPSA) is 20.3 Å². The average molecular weight is 219 g/mol. The third-order valence-electron chi connectivity index (χ3n) is 3.27. The molecule has 2 nitrogen and oxygen atoms in total. The van der Waals surface area contributed by atoms with Gasteiger partial charge >= 0.3 is 0 Å². The van der Waals surface area contributed by atoms with Crippen LogP contribution in [0.25, 0.3) is 0 Å². The maximum atomic E-state index is 11.0. The van der Waals surface area contributed by atoms with E-state index in [9.17, 15) is 4.79 Å². The lowest BCUT2D eigenvalue weighted by Gasteiger charge is -2.31. The third-order valence-corrected chi connectivity index (χ3v) is 3.27. The summed E-state index contributed by atoms with van der Waals surface area (Å²) in [5, 5.41) is 0. The summed E-state index contributed by atoms with van der Waals surface area (Å²) < 4.78 is 0. The number of anilines is 1. The Kier molecular flexibility index (Phi) is 4.11. The first-order chi connectivity index (χ1) is 7.47. The zero-order chi connectivity index (χ0) is 12.3. The number of carbonyl (C=O) groups is 1. The molecular weight excluding hydrogens is 198 g/mol. The summed E-state index contributed by atoms with van der Waals surface area (Å²) >= 11 is 0. The number of benzene rings is 1. The van der Waals surface area contributed by atoms with Crippen LogP contribution in [-0.2, 0) is 0 Å². The van der Waals surface area contributed by atoms with Gasteiger partial charge in [-0.2, -0.15) is 0 Å². The maximum absolute atomic E-state index is 11.0. The van der Waals surface area contributed by atoms with Gasteiger partial charge in [-0.05, 0) is 31.9 Å². The van der Waals surface area contributed by atoms with Crippen molar-refractivity contribution in [1.82, 2.24) is 0 Å². The van der Waals surface area contributed by atoms with E-state index in [1.807, 2.05) is 32.2 Å². The molecule has 0 aliphatic rings.